The fourth-order valence-corrected chi connectivity index (χ4v) is 3.71. The van der Waals surface area contributed by atoms with Gasteiger partial charge >= 0.3 is 0 Å². The fourth-order valence-electron chi connectivity index (χ4n) is 2.62. The van der Waals surface area contributed by atoms with E-state index in [0.29, 0.717) is 29.1 Å². The van der Waals surface area contributed by atoms with Crippen LogP contribution in [0.1, 0.15) is 12.0 Å². The number of fused-ring (bicyclic) bond motifs is 2. The van der Waals surface area contributed by atoms with E-state index >= 15 is 0 Å². The number of benzene rings is 2. The second-order valence-electron chi connectivity index (χ2n) is 5.65. The Balaban J connectivity index is 1.54. The van der Waals surface area contributed by atoms with E-state index in [2.05, 4.69) is 10.3 Å². The average Bonchev–Trinajstić information content (AvgIpc) is 2.82. The van der Waals surface area contributed by atoms with Crippen LogP contribution in [-0.2, 0) is 11.2 Å². The van der Waals surface area contributed by atoms with Gasteiger partial charge < -0.3 is 14.8 Å². The lowest BCUT2D eigenvalue weighted by Gasteiger charge is -2.05. The smallest absolute Gasteiger partial charge is 0.230 e. The number of hydrogen-bond donors (Lipinski definition) is 1. The normalized spacial score (nSPS) is 13.5. The Labute approximate surface area is 153 Å². The van der Waals surface area contributed by atoms with Crippen LogP contribution in [-0.4, -0.2) is 24.1 Å². The zero-order valence-corrected chi connectivity index (χ0v) is 14.8. The molecule has 1 aliphatic heterocycles. The zero-order valence-electron chi connectivity index (χ0n) is 13.3. The van der Waals surface area contributed by atoms with Crippen LogP contribution in [0.25, 0.3) is 10.2 Å². The number of carbonyl (C=O) groups excluding carboxylic acids is 1. The number of rotatable bonds is 3. The molecule has 3 aromatic rings. The number of thiazole rings is 1. The van der Waals surface area contributed by atoms with Crippen LogP contribution in [0.2, 0.25) is 5.02 Å². The second-order valence-corrected chi connectivity index (χ2v) is 7.09. The van der Waals surface area contributed by atoms with Crippen LogP contribution in [0.4, 0.5) is 5.13 Å². The lowest BCUT2D eigenvalue weighted by molar-refractivity contribution is -0.115. The molecular weight excluding hydrogens is 360 g/mol. The highest BCUT2D eigenvalue weighted by molar-refractivity contribution is 7.22. The first-order chi connectivity index (χ1) is 12.2. The molecule has 4 rings (SSSR count). The van der Waals surface area contributed by atoms with Crippen molar-refractivity contribution >= 4 is 44.2 Å². The van der Waals surface area contributed by atoms with Gasteiger partial charge in [-0.15, -0.1) is 0 Å². The highest BCUT2D eigenvalue weighted by Gasteiger charge is 2.15. The molecule has 25 heavy (non-hydrogen) atoms. The molecular formula is C18H15ClN2O3S. The largest absolute Gasteiger partial charge is 0.490 e. The second kappa shape index (κ2) is 6.90. The summed E-state index contributed by atoms with van der Waals surface area (Å²) in [6.07, 6.45) is 1.07. The van der Waals surface area contributed by atoms with Crippen molar-refractivity contribution in [1.82, 2.24) is 4.98 Å². The summed E-state index contributed by atoms with van der Waals surface area (Å²) in [5, 5.41) is 3.97. The Morgan fingerprint density at radius 3 is 2.76 bits per heavy atom. The van der Waals surface area contributed by atoms with E-state index in [1.807, 2.05) is 30.3 Å². The number of carbonyl (C=O) groups is 1. The Kier molecular flexibility index (Phi) is 4.46. The maximum atomic E-state index is 12.3. The van der Waals surface area contributed by atoms with Crippen LogP contribution >= 0.6 is 22.9 Å². The van der Waals surface area contributed by atoms with Crippen molar-refractivity contribution in [3.8, 4) is 11.5 Å². The quantitative estimate of drug-likeness (QED) is 0.742. The lowest BCUT2D eigenvalue weighted by Crippen LogP contribution is -2.14. The number of nitrogens with one attached hydrogen (secondary N) is 1. The van der Waals surface area contributed by atoms with Gasteiger partial charge in [0.1, 0.15) is 0 Å². The summed E-state index contributed by atoms with van der Waals surface area (Å²) in [7, 11) is 0. The van der Waals surface area contributed by atoms with Crippen molar-refractivity contribution in [3.63, 3.8) is 0 Å². The van der Waals surface area contributed by atoms with E-state index in [0.717, 1.165) is 28.0 Å². The Bertz CT molecular complexity index is 898. The zero-order chi connectivity index (χ0) is 17.2. The number of aromatic nitrogens is 1. The number of amides is 1. The Morgan fingerprint density at radius 2 is 1.96 bits per heavy atom. The molecule has 1 aliphatic rings. The van der Waals surface area contributed by atoms with Gasteiger partial charge in [0.2, 0.25) is 5.91 Å². The molecule has 7 heteroatoms. The SMILES string of the molecule is O=C(Cc1ccccc1Cl)Nc1nc2cc3c(cc2s1)OCCCO3. The summed E-state index contributed by atoms with van der Waals surface area (Å²) in [4.78, 5) is 16.7. The summed E-state index contributed by atoms with van der Waals surface area (Å²) in [6, 6.07) is 11.1. The number of nitrogens with zero attached hydrogens (tertiary/aromatic N) is 1. The van der Waals surface area contributed by atoms with Gasteiger partial charge in [0, 0.05) is 23.6 Å². The van der Waals surface area contributed by atoms with E-state index in [-0.39, 0.29) is 12.3 Å². The van der Waals surface area contributed by atoms with Crippen molar-refractivity contribution in [1.29, 1.82) is 0 Å². The third-order valence-electron chi connectivity index (χ3n) is 3.81. The molecule has 0 fully saturated rings. The molecule has 128 valence electrons. The van der Waals surface area contributed by atoms with Gasteiger partial charge in [-0.3, -0.25) is 4.79 Å². The van der Waals surface area contributed by atoms with Gasteiger partial charge in [-0.25, -0.2) is 4.98 Å². The topological polar surface area (TPSA) is 60.5 Å². The van der Waals surface area contributed by atoms with Gasteiger partial charge in [-0.05, 0) is 11.6 Å². The van der Waals surface area contributed by atoms with Crippen LogP contribution in [0.5, 0.6) is 11.5 Å². The summed E-state index contributed by atoms with van der Waals surface area (Å²) >= 11 is 7.51. The fraction of sp³-hybridized carbons (Fsp3) is 0.222. The van der Waals surface area contributed by atoms with E-state index in [9.17, 15) is 4.79 Å². The van der Waals surface area contributed by atoms with Crippen molar-refractivity contribution in [2.45, 2.75) is 12.8 Å². The summed E-state index contributed by atoms with van der Waals surface area (Å²) in [5.74, 6) is 1.27. The van der Waals surface area contributed by atoms with Crippen LogP contribution in [0.15, 0.2) is 36.4 Å². The lowest BCUT2D eigenvalue weighted by atomic mass is 10.1. The van der Waals surface area contributed by atoms with E-state index in [1.54, 1.807) is 6.07 Å². The Morgan fingerprint density at radius 1 is 1.20 bits per heavy atom. The molecule has 0 saturated heterocycles. The van der Waals surface area contributed by atoms with Gasteiger partial charge in [-0.2, -0.15) is 0 Å². The molecule has 0 bridgehead atoms. The molecule has 1 amide bonds. The molecule has 0 radical (unpaired) electrons. The molecule has 1 aromatic heterocycles. The predicted molar refractivity (Wildman–Crippen MR) is 99.0 cm³/mol. The highest BCUT2D eigenvalue weighted by atomic mass is 35.5. The molecule has 0 spiro atoms. The van der Waals surface area contributed by atoms with E-state index in [1.165, 1.54) is 11.3 Å². The van der Waals surface area contributed by atoms with Gasteiger partial charge in [-0.1, -0.05) is 41.1 Å². The summed E-state index contributed by atoms with van der Waals surface area (Å²) in [5.41, 5.74) is 1.57. The molecule has 0 unspecified atom stereocenters. The number of anilines is 1. The van der Waals surface area contributed by atoms with E-state index < -0.39 is 0 Å². The van der Waals surface area contributed by atoms with Crippen LogP contribution < -0.4 is 14.8 Å². The standard InChI is InChI=1S/C18H15ClN2O3S/c19-12-5-2-1-4-11(12)8-17(22)21-18-20-13-9-14-15(10-16(13)25-18)24-7-3-6-23-14/h1-2,4-5,9-10H,3,6-8H2,(H,20,21,22). The Hall–Kier alpha value is -2.31. The first-order valence-electron chi connectivity index (χ1n) is 7.92. The monoisotopic (exact) mass is 374 g/mol. The molecule has 0 saturated carbocycles. The van der Waals surface area contributed by atoms with Gasteiger partial charge in [0.15, 0.2) is 16.6 Å². The van der Waals surface area contributed by atoms with Gasteiger partial charge in [0.05, 0.1) is 29.9 Å². The molecule has 2 heterocycles. The molecule has 5 nitrogen and oxygen atoms in total. The number of hydrogen-bond acceptors (Lipinski definition) is 5. The van der Waals surface area contributed by atoms with Crippen molar-refractivity contribution in [2.24, 2.45) is 0 Å². The average molecular weight is 375 g/mol. The predicted octanol–water partition coefficient (Wildman–Crippen LogP) is 4.29. The first kappa shape index (κ1) is 16.2. The third kappa shape index (κ3) is 3.55. The van der Waals surface area contributed by atoms with Gasteiger partial charge in [0.25, 0.3) is 0 Å². The minimum atomic E-state index is -0.152. The van der Waals surface area contributed by atoms with Crippen molar-refractivity contribution < 1.29 is 14.3 Å². The number of ether oxygens (including phenoxy) is 2. The third-order valence-corrected chi connectivity index (χ3v) is 5.12. The van der Waals surface area contributed by atoms with Crippen molar-refractivity contribution in [3.05, 3.63) is 47.0 Å². The van der Waals surface area contributed by atoms with Crippen molar-refractivity contribution in [2.75, 3.05) is 18.5 Å². The van der Waals surface area contributed by atoms with E-state index in [4.69, 9.17) is 21.1 Å². The van der Waals surface area contributed by atoms with Crippen LogP contribution in [0.3, 0.4) is 0 Å². The van der Waals surface area contributed by atoms with Crippen LogP contribution in [0, 0.1) is 0 Å². The molecule has 0 aliphatic carbocycles. The molecule has 0 atom stereocenters. The summed E-state index contributed by atoms with van der Waals surface area (Å²) < 4.78 is 12.3. The molecule has 2 aromatic carbocycles. The highest BCUT2D eigenvalue weighted by Crippen LogP contribution is 2.37. The first-order valence-corrected chi connectivity index (χ1v) is 9.12. The maximum Gasteiger partial charge on any atom is 0.230 e. The maximum absolute atomic E-state index is 12.3. The molecule has 1 N–H and O–H groups in total. The summed E-state index contributed by atoms with van der Waals surface area (Å²) in [6.45, 7) is 1.27. The minimum Gasteiger partial charge on any atom is -0.490 e. The number of halogens is 1. The minimum absolute atomic E-state index is 0.152.